The fraction of sp³-hybridized carbons (Fsp3) is 0. The Morgan fingerprint density at radius 2 is 1.85 bits per heavy atom. The third kappa shape index (κ3) is 4.95. The van der Waals surface area contributed by atoms with E-state index in [1.165, 1.54) is 18.3 Å². The first kappa shape index (κ1) is 19.6. The van der Waals surface area contributed by atoms with E-state index in [9.17, 15) is 10.1 Å². The highest BCUT2D eigenvalue weighted by molar-refractivity contribution is 8.00. The van der Waals surface area contributed by atoms with Gasteiger partial charge in [0.2, 0.25) is 5.88 Å². The number of rotatable bonds is 6. The van der Waals surface area contributed by atoms with Gasteiger partial charge in [-0.1, -0.05) is 46.9 Å². The summed E-state index contributed by atoms with van der Waals surface area (Å²) in [6.07, 6.45) is 1.41. The van der Waals surface area contributed by atoms with Crippen molar-refractivity contribution < 1.29 is 9.66 Å². The summed E-state index contributed by atoms with van der Waals surface area (Å²) in [7, 11) is 0. The van der Waals surface area contributed by atoms with Crippen molar-refractivity contribution in [1.29, 1.82) is 0 Å². The molecule has 3 aromatic rings. The van der Waals surface area contributed by atoms with Crippen molar-refractivity contribution in [3.63, 3.8) is 0 Å². The Labute approximate surface area is 173 Å². The lowest BCUT2D eigenvalue weighted by Gasteiger charge is -2.11. The minimum absolute atomic E-state index is 0.0181. The summed E-state index contributed by atoms with van der Waals surface area (Å²) in [4.78, 5) is 15.1. The predicted molar refractivity (Wildman–Crippen MR) is 108 cm³/mol. The molecule has 2 aromatic carbocycles. The lowest BCUT2D eigenvalue weighted by atomic mass is 10.3. The van der Waals surface area contributed by atoms with Crippen molar-refractivity contribution in [2.45, 2.75) is 4.90 Å². The molecule has 6 nitrogen and oxygen atoms in total. The summed E-state index contributed by atoms with van der Waals surface area (Å²) >= 11 is 19.2. The lowest BCUT2D eigenvalue weighted by molar-refractivity contribution is -0.387. The average Bonchev–Trinajstić information content (AvgIpc) is 2.64. The highest BCUT2D eigenvalue weighted by Crippen LogP contribution is 2.36. The Balaban J connectivity index is 1.73. The monoisotopic (exact) mass is 441 g/mol. The third-order valence-corrected chi connectivity index (χ3v) is 4.93. The Kier molecular flexibility index (Phi) is 6.28. The zero-order valence-corrected chi connectivity index (χ0v) is 16.4. The van der Waals surface area contributed by atoms with Gasteiger partial charge in [0.25, 0.3) is 5.69 Å². The molecule has 0 aliphatic heterocycles. The first-order chi connectivity index (χ1) is 12.9. The first-order valence-electron chi connectivity index (χ1n) is 7.39. The van der Waals surface area contributed by atoms with Gasteiger partial charge in [-0.2, -0.15) is 0 Å². The molecule has 0 atom stereocenters. The quantitative estimate of drug-likeness (QED) is 0.255. The van der Waals surface area contributed by atoms with E-state index in [0.717, 1.165) is 11.9 Å². The second-order valence-corrected chi connectivity index (χ2v) is 7.22. The van der Waals surface area contributed by atoms with Crippen LogP contribution in [0.4, 0.5) is 11.4 Å². The van der Waals surface area contributed by atoms with Gasteiger partial charge in [0.1, 0.15) is 15.7 Å². The molecule has 1 N–H and O–H groups in total. The van der Waals surface area contributed by atoms with Crippen molar-refractivity contribution in [3.05, 3.63) is 79.9 Å². The zero-order chi connectivity index (χ0) is 19.4. The molecule has 0 aliphatic rings. The SMILES string of the molecule is O=[N+]([O-])c1ccccc1SNc1ccc(Oc2ncc(Cl)cc2Cl)c(Cl)c1. The number of hydrogen-bond donors (Lipinski definition) is 1. The van der Waals surface area contributed by atoms with E-state index in [1.807, 2.05) is 0 Å². The molecular formula is C17H10Cl3N3O3S. The molecule has 10 heteroatoms. The van der Waals surface area contributed by atoms with E-state index in [-0.39, 0.29) is 16.6 Å². The molecule has 1 aromatic heterocycles. The highest BCUT2D eigenvalue weighted by Gasteiger charge is 2.14. The van der Waals surface area contributed by atoms with Gasteiger partial charge < -0.3 is 9.46 Å². The smallest absolute Gasteiger partial charge is 0.284 e. The molecule has 0 aliphatic carbocycles. The van der Waals surface area contributed by atoms with Crippen LogP contribution in [0.2, 0.25) is 15.1 Å². The summed E-state index contributed by atoms with van der Waals surface area (Å²) in [5.74, 6) is 0.535. The number of pyridine rings is 1. The van der Waals surface area contributed by atoms with Crippen LogP contribution in [0.15, 0.2) is 59.6 Å². The van der Waals surface area contributed by atoms with Crippen molar-refractivity contribution in [3.8, 4) is 11.6 Å². The Bertz CT molecular complexity index is 1000. The normalized spacial score (nSPS) is 10.5. The number of halogens is 3. The van der Waals surface area contributed by atoms with Crippen LogP contribution < -0.4 is 9.46 Å². The number of ether oxygens (including phenoxy) is 1. The van der Waals surface area contributed by atoms with Gasteiger partial charge in [0, 0.05) is 18.0 Å². The molecule has 0 saturated carbocycles. The number of nitro benzene ring substituents is 1. The van der Waals surface area contributed by atoms with E-state index in [1.54, 1.807) is 36.4 Å². The Morgan fingerprint density at radius 1 is 1.07 bits per heavy atom. The molecule has 0 saturated heterocycles. The average molecular weight is 443 g/mol. The van der Waals surface area contributed by atoms with Crippen LogP contribution >= 0.6 is 46.8 Å². The maximum Gasteiger partial charge on any atom is 0.284 e. The van der Waals surface area contributed by atoms with Gasteiger partial charge in [-0.25, -0.2) is 4.98 Å². The summed E-state index contributed by atoms with van der Waals surface area (Å²) < 4.78 is 8.63. The number of nitrogens with zero attached hydrogens (tertiary/aromatic N) is 2. The van der Waals surface area contributed by atoms with E-state index in [4.69, 9.17) is 39.5 Å². The number of benzene rings is 2. The van der Waals surface area contributed by atoms with Crippen LogP contribution in [0.5, 0.6) is 11.6 Å². The molecule has 0 radical (unpaired) electrons. The maximum absolute atomic E-state index is 11.1. The Morgan fingerprint density at radius 3 is 2.56 bits per heavy atom. The van der Waals surface area contributed by atoms with E-state index in [0.29, 0.717) is 26.4 Å². The van der Waals surface area contributed by atoms with Gasteiger partial charge in [0.05, 0.1) is 15.0 Å². The van der Waals surface area contributed by atoms with E-state index >= 15 is 0 Å². The molecule has 0 unspecified atom stereocenters. The summed E-state index contributed by atoms with van der Waals surface area (Å²) in [5.41, 5.74) is 0.662. The standard InChI is InChI=1S/C17H10Cl3N3O3S/c18-10-7-13(20)17(21-9-10)26-15-6-5-11(8-12(15)19)22-27-16-4-2-1-3-14(16)23(24)25/h1-9,22H. The van der Waals surface area contributed by atoms with E-state index < -0.39 is 4.92 Å². The predicted octanol–water partition coefficient (Wildman–Crippen LogP) is 6.86. The lowest BCUT2D eigenvalue weighted by Crippen LogP contribution is -1.94. The van der Waals surface area contributed by atoms with Crippen LogP contribution in [0.25, 0.3) is 0 Å². The molecule has 138 valence electrons. The number of anilines is 1. The topological polar surface area (TPSA) is 77.3 Å². The number of aromatic nitrogens is 1. The van der Waals surface area contributed by atoms with Crippen molar-refractivity contribution in [2.75, 3.05) is 4.72 Å². The minimum Gasteiger partial charge on any atom is -0.436 e. The van der Waals surface area contributed by atoms with Gasteiger partial charge in [0.15, 0.2) is 0 Å². The number of hydrogen-bond acceptors (Lipinski definition) is 6. The molecular weight excluding hydrogens is 433 g/mol. The summed E-state index contributed by atoms with van der Waals surface area (Å²) in [6, 6.07) is 12.9. The molecule has 27 heavy (non-hydrogen) atoms. The molecule has 1 heterocycles. The molecule has 0 fully saturated rings. The second kappa shape index (κ2) is 8.67. The number of para-hydroxylation sites is 1. The number of nitro groups is 1. The third-order valence-electron chi connectivity index (χ3n) is 3.25. The molecule has 0 bridgehead atoms. The van der Waals surface area contributed by atoms with Crippen LogP contribution in [0, 0.1) is 10.1 Å². The summed E-state index contributed by atoms with van der Waals surface area (Å²) in [5, 5.41) is 12.0. The molecule has 3 rings (SSSR count). The summed E-state index contributed by atoms with van der Waals surface area (Å²) in [6.45, 7) is 0. The van der Waals surface area contributed by atoms with Gasteiger partial charge in [-0.3, -0.25) is 10.1 Å². The van der Waals surface area contributed by atoms with Crippen LogP contribution in [0.1, 0.15) is 0 Å². The first-order valence-corrected chi connectivity index (χ1v) is 9.34. The van der Waals surface area contributed by atoms with Gasteiger partial charge in [-0.05, 0) is 42.3 Å². The van der Waals surface area contributed by atoms with Crippen molar-refractivity contribution in [2.24, 2.45) is 0 Å². The van der Waals surface area contributed by atoms with E-state index in [2.05, 4.69) is 9.71 Å². The second-order valence-electron chi connectivity index (χ2n) is 5.12. The van der Waals surface area contributed by atoms with Crippen molar-refractivity contribution in [1.82, 2.24) is 4.98 Å². The maximum atomic E-state index is 11.1. The van der Waals surface area contributed by atoms with Gasteiger partial charge in [-0.15, -0.1) is 0 Å². The minimum atomic E-state index is -0.434. The number of nitrogens with one attached hydrogen (secondary N) is 1. The fourth-order valence-electron chi connectivity index (χ4n) is 2.04. The molecule has 0 amide bonds. The van der Waals surface area contributed by atoms with Crippen LogP contribution in [-0.4, -0.2) is 9.91 Å². The van der Waals surface area contributed by atoms with Crippen molar-refractivity contribution >= 4 is 58.1 Å². The van der Waals surface area contributed by atoms with Crippen LogP contribution in [0.3, 0.4) is 0 Å². The Hall–Kier alpha value is -2.19. The van der Waals surface area contributed by atoms with Crippen LogP contribution in [-0.2, 0) is 0 Å². The highest BCUT2D eigenvalue weighted by atomic mass is 35.5. The largest absolute Gasteiger partial charge is 0.436 e. The zero-order valence-electron chi connectivity index (χ0n) is 13.4. The fourth-order valence-corrected chi connectivity index (χ4v) is 3.42. The molecule has 0 spiro atoms. The van der Waals surface area contributed by atoms with Gasteiger partial charge >= 0.3 is 0 Å².